The van der Waals surface area contributed by atoms with Gasteiger partial charge in [-0.25, -0.2) is 0 Å². The largest absolute Gasteiger partial charge is 0.490 e. The predicted octanol–water partition coefficient (Wildman–Crippen LogP) is 4.19. The van der Waals surface area contributed by atoms with Gasteiger partial charge >= 0.3 is 0 Å². The average Bonchev–Trinajstić information content (AvgIpc) is 2.60. The van der Waals surface area contributed by atoms with Crippen molar-refractivity contribution in [1.29, 1.82) is 0 Å². The molecule has 0 radical (unpaired) electrons. The number of hydrogen-bond acceptors (Lipinski definition) is 4. The highest BCUT2D eigenvalue weighted by molar-refractivity contribution is 5.95. The van der Waals surface area contributed by atoms with E-state index in [1.54, 1.807) is 12.1 Å². The van der Waals surface area contributed by atoms with Crippen LogP contribution in [0.1, 0.15) is 63.7 Å². The highest BCUT2D eigenvalue weighted by Gasteiger charge is 2.25. The Bertz CT molecular complexity index is 546. The van der Waals surface area contributed by atoms with Crippen molar-refractivity contribution in [3.63, 3.8) is 0 Å². The summed E-state index contributed by atoms with van der Waals surface area (Å²) in [7, 11) is 0. The predicted molar refractivity (Wildman–Crippen MR) is 98.8 cm³/mol. The third-order valence-electron chi connectivity index (χ3n) is 4.60. The van der Waals surface area contributed by atoms with E-state index in [0.717, 1.165) is 6.42 Å². The molecule has 2 rings (SSSR count). The monoisotopic (exact) mass is 349 g/mol. The van der Waals surface area contributed by atoms with E-state index in [1.165, 1.54) is 19.3 Å². The van der Waals surface area contributed by atoms with E-state index >= 15 is 0 Å². The van der Waals surface area contributed by atoms with Crippen LogP contribution in [0.5, 0.6) is 17.2 Å². The maximum Gasteiger partial charge on any atom is 0.251 e. The van der Waals surface area contributed by atoms with Crippen LogP contribution in [0.3, 0.4) is 0 Å². The van der Waals surface area contributed by atoms with E-state index in [1.807, 2.05) is 20.8 Å². The smallest absolute Gasteiger partial charge is 0.251 e. The van der Waals surface area contributed by atoms with Crippen LogP contribution in [0.2, 0.25) is 0 Å². The fraction of sp³-hybridized carbons (Fsp3) is 0.650. The van der Waals surface area contributed by atoms with Gasteiger partial charge in [-0.05, 0) is 51.7 Å². The van der Waals surface area contributed by atoms with Gasteiger partial charge in [0, 0.05) is 11.6 Å². The van der Waals surface area contributed by atoms with Crippen LogP contribution in [-0.4, -0.2) is 31.8 Å². The Labute approximate surface area is 151 Å². The number of carbonyl (C=O) groups excluding carboxylic acids is 1. The molecule has 1 saturated carbocycles. The molecule has 0 bridgehead atoms. The summed E-state index contributed by atoms with van der Waals surface area (Å²) in [6.07, 6.45) is 4.63. The van der Waals surface area contributed by atoms with Crippen LogP contribution < -0.4 is 19.5 Å². The maximum absolute atomic E-state index is 12.8. The molecule has 1 N–H and O–H groups in total. The molecule has 1 aromatic carbocycles. The molecular weight excluding hydrogens is 318 g/mol. The van der Waals surface area contributed by atoms with Crippen molar-refractivity contribution >= 4 is 5.91 Å². The molecule has 1 aliphatic rings. The number of benzene rings is 1. The van der Waals surface area contributed by atoms with Crippen LogP contribution in [0.4, 0.5) is 0 Å². The fourth-order valence-electron chi connectivity index (χ4n) is 3.30. The SMILES string of the molecule is CCOc1cc(C(=O)NC2CCCCC2C)cc(OCC)c1OCC. The molecule has 5 nitrogen and oxygen atoms in total. The summed E-state index contributed by atoms with van der Waals surface area (Å²) in [5.74, 6) is 2.10. The molecule has 0 saturated heterocycles. The van der Waals surface area contributed by atoms with Crippen molar-refractivity contribution < 1.29 is 19.0 Å². The van der Waals surface area contributed by atoms with Crippen LogP contribution in [0.25, 0.3) is 0 Å². The van der Waals surface area contributed by atoms with Crippen molar-refractivity contribution in [2.45, 2.75) is 59.4 Å². The minimum atomic E-state index is -0.0799. The molecular formula is C20H31NO4. The highest BCUT2D eigenvalue weighted by atomic mass is 16.5. The van der Waals surface area contributed by atoms with Crippen LogP contribution >= 0.6 is 0 Å². The van der Waals surface area contributed by atoms with E-state index in [-0.39, 0.29) is 11.9 Å². The summed E-state index contributed by atoms with van der Waals surface area (Å²) in [4.78, 5) is 12.8. The summed E-state index contributed by atoms with van der Waals surface area (Å²) in [5, 5.41) is 3.18. The standard InChI is InChI=1S/C20H31NO4/c1-5-23-17-12-15(13-18(24-6-2)19(17)25-7-3)20(22)21-16-11-9-8-10-14(16)4/h12-14,16H,5-11H2,1-4H3,(H,21,22). The Kier molecular flexibility index (Phi) is 7.41. The molecule has 1 aromatic rings. The fourth-order valence-corrected chi connectivity index (χ4v) is 3.30. The zero-order chi connectivity index (χ0) is 18.2. The first kappa shape index (κ1) is 19.4. The van der Waals surface area contributed by atoms with Crippen molar-refractivity contribution in [3.05, 3.63) is 17.7 Å². The van der Waals surface area contributed by atoms with Crippen LogP contribution in [-0.2, 0) is 0 Å². The summed E-state index contributed by atoms with van der Waals surface area (Å²) in [5.41, 5.74) is 0.549. The number of carbonyl (C=O) groups is 1. The molecule has 1 amide bonds. The summed E-state index contributed by atoms with van der Waals surface area (Å²) in [6.45, 7) is 9.44. The molecule has 1 aliphatic carbocycles. The zero-order valence-electron chi connectivity index (χ0n) is 15.9. The Morgan fingerprint density at radius 1 is 1.00 bits per heavy atom. The van der Waals surface area contributed by atoms with Gasteiger partial charge in [0.1, 0.15) is 0 Å². The van der Waals surface area contributed by atoms with Crippen LogP contribution in [0.15, 0.2) is 12.1 Å². The van der Waals surface area contributed by atoms with E-state index < -0.39 is 0 Å². The van der Waals surface area contributed by atoms with Gasteiger partial charge in [0.2, 0.25) is 5.75 Å². The van der Waals surface area contributed by atoms with Crippen molar-refractivity contribution in [2.75, 3.05) is 19.8 Å². The van der Waals surface area contributed by atoms with Crippen molar-refractivity contribution in [1.82, 2.24) is 5.32 Å². The van der Waals surface area contributed by atoms with E-state index in [9.17, 15) is 4.79 Å². The molecule has 140 valence electrons. The molecule has 2 unspecified atom stereocenters. The first-order valence-electron chi connectivity index (χ1n) is 9.47. The molecule has 0 aliphatic heterocycles. The number of hydrogen-bond donors (Lipinski definition) is 1. The summed E-state index contributed by atoms with van der Waals surface area (Å²) < 4.78 is 17.1. The van der Waals surface area contributed by atoms with Crippen LogP contribution in [0, 0.1) is 5.92 Å². The number of ether oxygens (including phenoxy) is 3. The van der Waals surface area contributed by atoms with Gasteiger partial charge in [-0.1, -0.05) is 19.8 Å². The quantitative estimate of drug-likeness (QED) is 0.764. The van der Waals surface area contributed by atoms with Gasteiger partial charge < -0.3 is 19.5 Å². The molecule has 5 heteroatoms. The lowest BCUT2D eigenvalue weighted by atomic mass is 9.86. The maximum atomic E-state index is 12.8. The Morgan fingerprint density at radius 3 is 2.08 bits per heavy atom. The number of rotatable bonds is 8. The van der Waals surface area contributed by atoms with Crippen molar-refractivity contribution in [3.8, 4) is 17.2 Å². The third kappa shape index (κ3) is 5.03. The molecule has 0 heterocycles. The van der Waals surface area contributed by atoms with E-state index in [0.29, 0.717) is 48.6 Å². The second kappa shape index (κ2) is 9.54. The lowest BCUT2D eigenvalue weighted by molar-refractivity contribution is 0.0909. The Morgan fingerprint density at radius 2 is 1.56 bits per heavy atom. The topological polar surface area (TPSA) is 56.8 Å². The summed E-state index contributed by atoms with van der Waals surface area (Å²) >= 11 is 0. The lowest BCUT2D eigenvalue weighted by Gasteiger charge is -2.29. The van der Waals surface area contributed by atoms with Gasteiger partial charge in [0.25, 0.3) is 5.91 Å². The number of amides is 1. The molecule has 0 aromatic heterocycles. The number of nitrogens with one attached hydrogen (secondary N) is 1. The summed E-state index contributed by atoms with van der Waals surface area (Å²) in [6, 6.07) is 3.73. The first-order chi connectivity index (χ1) is 12.1. The van der Waals surface area contributed by atoms with Gasteiger partial charge in [-0.15, -0.1) is 0 Å². The second-order valence-electron chi connectivity index (χ2n) is 6.44. The van der Waals surface area contributed by atoms with Gasteiger partial charge in [0.15, 0.2) is 11.5 Å². The minimum Gasteiger partial charge on any atom is -0.490 e. The first-order valence-corrected chi connectivity index (χ1v) is 9.47. The second-order valence-corrected chi connectivity index (χ2v) is 6.44. The molecule has 1 fully saturated rings. The Hall–Kier alpha value is -1.91. The third-order valence-corrected chi connectivity index (χ3v) is 4.60. The Balaban J connectivity index is 2.27. The zero-order valence-corrected chi connectivity index (χ0v) is 15.9. The molecule has 2 atom stereocenters. The van der Waals surface area contributed by atoms with Gasteiger partial charge in [0.05, 0.1) is 19.8 Å². The minimum absolute atomic E-state index is 0.0799. The average molecular weight is 349 g/mol. The molecule has 25 heavy (non-hydrogen) atoms. The van der Waals surface area contributed by atoms with Gasteiger partial charge in [-0.2, -0.15) is 0 Å². The van der Waals surface area contributed by atoms with E-state index in [2.05, 4.69) is 12.2 Å². The molecule has 0 spiro atoms. The van der Waals surface area contributed by atoms with Crippen molar-refractivity contribution in [2.24, 2.45) is 5.92 Å². The highest BCUT2D eigenvalue weighted by Crippen LogP contribution is 2.39. The van der Waals surface area contributed by atoms with E-state index in [4.69, 9.17) is 14.2 Å². The lowest BCUT2D eigenvalue weighted by Crippen LogP contribution is -2.41. The van der Waals surface area contributed by atoms with Gasteiger partial charge in [-0.3, -0.25) is 4.79 Å². The normalized spacial score (nSPS) is 20.0.